The predicted octanol–water partition coefficient (Wildman–Crippen LogP) is 3.89. The third-order valence-electron chi connectivity index (χ3n) is 8.04. The van der Waals surface area contributed by atoms with Gasteiger partial charge in [-0.2, -0.15) is 0 Å². The number of hydrogen-bond donors (Lipinski definition) is 2. The van der Waals surface area contributed by atoms with Crippen LogP contribution < -0.4 is 10.4 Å². The molecular weight excluding hydrogens is 422 g/mol. The molecule has 5 rings (SSSR count). The molecule has 1 aliphatic heterocycles. The third-order valence-corrected chi connectivity index (χ3v) is 12.5. The fourth-order valence-electron chi connectivity index (χ4n) is 6.45. The van der Waals surface area contributed by atoms with Crippen LogP contribution in [0, 0.1) is 5.92 Å². The molecule has 2 N–H and O–H groups in total. The van der Waals surface area contributed by atoms with Gasteiger partial charge in [0.15, 0.2) is 0 Å². The molecule has 33 heavy (non-hydrogen) atoms. The number of fused-ring (bicyclic) bond motifs is 1. The lowest BCUT2D eigenvalue weighted by Gasteiger charge is -2.42. The zero-order valence-electron chi connectivity index (χ0n) is 19.7. The summed E-state index contributed by atoms with van der Waals surface area (Å²) in [7, 11) is -2.99. The maximum Gasteiger partial charge on any atom is 0.258 e. The fourth-order valence-corrected chi connectivity index (χ4v) is 10.3. The summed E-state index contributed by atoms with van der Waals surface area (Å²) in [6.45, 7) is 6.52. The van der Waals surface area contributed by atoms with Crippen molar-refractivity contribution in [2.75, 3.05) is 13.1 Å². The average Bonchev–Trinajstić information content (AvgIpc) is 3.41. The van der Waals surface area contributed by atoms with Crippen molar-refractivity contribution >= 4 is 18.7 Å². The summed E-state index contributed by atoms with van der Waals surface area (Å²) in [6, 6.07) is 29.2. The molecule has 3 atom stereocenters. The Morgan fingerprint density at radius 1 is 0.879 bits per heavy atom. The normalized spacial score (nSPS) is 23.6. The number of benzene rings is 3. The Morgan fingerprint density at radius 3 is 2.09 bits per heavy atom. The Hall–Kier alpha value is -2.24. The van der Waals surface area contributed by atoms with Crippen LogP contribution in [0.3, 0.4) is 0 Å². The van der Waals surface area contributed by atoms with E-state index in [0.717, 1.165) is 42.7 Å². The molecule has 0 unspecified atom stereocenters. The van der Waals surface area contributed by atoms with Gasteiger partial charge in [0.2, 0.25) is 0 Å². The highest BCUT2D eigenvalue weighted by Crippen LogP contribution is 2.45. The Balaban J connectivity index is 1.39. The highest BCUT2D eigenvalue weighted by atomic mass is 28.4. The number of likely N-dealkylation sites (tertiary alicyclic amines) is 1. The first-order chi connectivity index (χ1) is 15.9. The summed E-state index contributed by atoms with van der Waals surface area (Å²) in [5.41, 5.74) is 2.58. The summed E-state index contributed by atoms with van der Waals surface area (Å²) in [5.74, 6) is 0.506. The summed E-state index contributed by atoms with van der Waals surface area (Å²) in [4.78, 5) is 15.0. The highest BCUT2D eigenvalue weighted by molar-refractivity contribution is 6.98. The average molecular weight is 458 g/mol. The third kappa shape index (κ3) is 3.99. The molecular formula is C29H35NO2Si. The number of aliphatic hydroxyl groups excluding tert-OH is 1. The molecule has 1 fully saturated rings. The van der Waals surface area contributed by atoms with Crippen molar-refractivity contribution in [3.8, 4) is 0 Å². The van der Waals surface area contributed by atoms with Crippen LogP contribution in [0.5, 0.6) is 0 Å². The molecule has 1 aliphatic carbocycles. The van der Waals surface area contributed by atoms with Crippen LogP contribution in [-0.4, -0.2) is 42.3 Å². The van der Waals surface area contributed by atoms with Crippen LogP contribution in [0.25, 0.3) is 0 Å². The maximum absolute atomic E-state index is 12.5. The molecule has 0 radical (unpaired) electrons. The molecule has 2 aliphatic rings. The van der Waals surface area contributed by atoms with E-state index in [2.05, 4.69) is 67.3 Å². The summed E-state index contributed by atoms with van der Waals surface area (Å²) in [5, 5.41) is 12.8. The van der Waals surface area contributed by atoms with Crippen LogP contribution in [-0.2, 0) is 6.42 Å². The molecule has 0 aromatic heterocycles. The number of nitrogens with zero attached hydrogens (tertiary/aromatic N) is 1. The van der Waals surface area contributed by atoms with Crippen molar-refractivity contribution in [2.45, 2.75) is 50.3 Å². The Bertz CT molecular complexity index is 1050. The van der Waals surface area contributed by atoms with Crippen LogP contribution in [0.15, 0.2) is 84.9 Å². The molecule has 3 aromatic rings. The molecule has 3 aromatic carbocycles. The quantitative estimate of drug-likeness (QED) is 0.552. The SMILES string of the molecule is CC(C)(C[C@@H]1CCN([C@@H]2c3ccccc3C[C@H]2O)C1)[Si](O)(c1ccccc1)c1ccccc1. The van der Waals surface area contributed by atoms with Crippen LogP contribution in [0.4, 0.5) is 0 Å². The van der Waals surface area contributed by atoms with E-state index in [1.165, 1.54) is 11.1 Å². The lowest BCUT2D eigenvalue weighted by Crippen LogP contribution is -2.65. The van der Waals surface area contributed by atoms with Crippen molar-refractivity contribution in [3.05, 3.63) is 96.1 Å². The Labute approximate surface area is 198 Å². The van der Waals surface area contributed by atoms with Gasteiger partial charge in [-0.25, -0.2) is 0 Å². The number of rotatable bonds is 6. The van der Waals surface area contributed by atoms with Gasteiger partial charge in [0.1, 0.15) is 0 Å². The molecule has 0 bridgehead atoms. The minimum Gasteiger partial charge on any atom is -0.424 e. The summed E-state index contributed by atoms with van der Waals surface area (Å²) >= 11 is 0. The van der Waals surface area contributed by atoms with E-state index >= 15 is 0 Å². The van der Waals surface area contributed by atoms with E-state index in [-0.39, 0.29) is 17.2 Å². The highest BCUT2D eigenvalue weighted by Gasteiger charge is 2.51. The second kappa shape index (κ2) is 8.84. The zero-order valence-corrected chi connectivity index (χ0v) is 20.7. The van der Waals surface area contributed by atoms with Gasteiger partial charge < -0.3 is 9.90 Å². The lowest BCUT2D eigenvalue weighted by atomic mass is 9.95. The standard InChI is InChI=1S/C29H35NO2Si/c1-29(2,33(32,24-12-5-3-6-13-24)25-14-7-4-8-15-25)20-22-17-18-30(21-22)28-26-16-10-9-11-23(26)19-27(28)31/h3-16,22,27-28,31-32H,17-21H2,1-2H3/t22-,27+,28+/m0/s1. The van der Waals surface area contributed by atoms with Gasteiger partial charge in [-0.3, -0.25) is 4.90 Å². The molecule has 0 amide bonds. The first-order valence-corrected chi connectivity index (χ1v) is 14.2. The van der Waals surface area contributed by atoms with Gasteiger partial charge in [-0.05, 0) is 51.8 Å². The van der Waals surface area contributed by atoms with Gasteiger partial charge in [0, 0.05) is 13.0 Å². The van der Waals surface area contributed by atoms with E-state index in [9.17, 15) is 9.90 Å². The first kappa shape index (κ1) is 22.5. The molecule has 4 heteroatoms. The zero-order chi connectivity index (χ0) is 23.1. The van der Waals surface area contributed by atoms with Crippen molar-refractivity contribution < 1.29 is 9.90 Å². The molecule has 0 saturated carbocycles. The topological polar surface area (TPSA) is 43.7 Å². The van der Waals surface area contributed by atoms with Crippen molar-refractivity contribution in [1.29, 1.82) is 0 Å². The van der Waals surface area contributed by atoms with Crippen LogP contribution >= 0.6 is 0 Å². The Morgan fingerprint density at radius 2 is 1.45 bits per heavy atom. The molecule has 3 nitrogen and oxygen atoms in total. The van der Waals surface area contributed by atoms with Gasteiger partial charge in [0.25, 0.3) is 8.32 Å². The molecule has 0 spiro atoms. The van der Waals surface area contributed by atoms with Gasteiger partial charge in [0.05, 0.1) is 12.1 Å². The smallest absolute Gasteiger partial charge is 0.258 e. The predicted molar refractivity (Wildman–Crippen MR) is 137 cm³/mol. The van der Waals surface area contributed by atoms with E-state index < -0.39 is 8.32 Å². The van der Waals surface area contributed by atoms with Gasteiger partial charge >= 0.3 is 0 Å². The molecule has 172 valence electrons. The fraction of sp³-hybridized carbons (Fsp3) is 0.379. The van der Waals surface area contributed by atoms with Crippen LogP contribution in [0.1, 0.15) is 43.9 Å². The van der Waals surface area contributed by atoms with E-state index in [1.54, 1.807) is 0 Å². The minimum absolute atomic E-state index is 0.105. The van der Waals surface area contributed by atoms with Crippen molar-refractivity contribution in [1.82, 2.24) is 4.90 Å². The monoisotopic (exact) mass is 457 g/mol. The molecule has 1 heterocycles. The van der Waals surface area contributed by atoms with E-state index in [4.69, 9.17) is 0 Å². The lowest BCUT2D eigenvalue weighted by molar-refractivity contribution is 0.0725. The number of aliphatic hydroxyl groups is 1. The summed E-state index contributed by atoms with van der Waals surface area (Å²) < 4.78 is 0. The van der Waals surface area contributed by atoms with E-state index in [1.807, 2.05) is 36.4 Å². The van der Waals surface area contributed by atoms with Gasteiger partial charge in [-0.1, -0.05) is 98.8 Å². The summed E-state index contributed by atoms with van der Waals surface area (Å²) in [6.07, 6.45) is 2.51. The van der Waals surface area contributed by atoms with Crippen LogP contribution in [0.2, 0.25) is 5.04 Å². The second-order valence-electron chi connectivity index (χ2n) is 10.6. The minimum atomic E-state index is -2.99. The molecule has 1 saturated heterocycles. The first-order valence-electron chi connectivity index (χ1n) is 12.2. The van der Waals surface area contributed by atoms with Gasteiger partial charge in [-0.15, -0.1) is 0 Å². The second-order valence-corrected chi connectivity index (χ2v) is 14.5. The maximum atomic E-state index is 12.5. The van der Waals surface area contributed by atoms with E-state index in [0.29, 0.717) is 5.92 Å². The number of hydrogen-bond acceptors (Lipinski definition) is 3. The largest absolute Gasteiger partial charge is 0.424 e. The Kier molecular flexibility index (Phi) is 6.04. The van der Waals surface area contributed by atoms with Crippen molar-refractivity contribution in [3.63, 3.8) is 0 Å². The van der Waals surface area contributed by atoms with Crippen molar-refractivity contribution in [2.24, 2.45) is 5.92 Å².